The van der Waals surface area contributed by atoms with Crippen molar-refractivity contribution in [3.05, 3.63) is 28.8 Å². The molecular weight excluding hydrogens is 288 g/mol. The molecule has 0 atom stereocenters. The van der Waals surface area contributed by atoms with Gasteiger partial charge < -0.3 is 10.4 Å². The van der Waals surface area contributed by atoms with Crippen LogP contribution in [0.5, 0.6) is 0 Å². The Morgan fingerprint density at radius 2 is 2.14 bits per heavy atom. The average Bonchev–Trinajstić information content (AvgIpc) is 2.95. The van der Waals surface area contributed by atoms with E-state index in [9.17, 15) is 9.90 Å². The van der Waals surface area contributed by atoms with E-state index in [1.807, 2.05) is 19.1 Å². The summed E-state index contributed by atoms with van der Waals surface area (Å²) in [7, 11) is 0. The van der Waals surface area contributed by atoms with E-state index in [1.165, 1.54) is 12.8 Å². The Morgan fingerprint density at radius 1 is 1.43 bits per heavy atom. The fourth-order valence-electron chi connectivity index (χ4n) is 2.93. The number of benzene rings is 1. The maximum absolute atomic E-state index is 12.2. The van der Waals surface area contributed by atoms with Gasteiger partial charge >= 0.3 is 0 Å². The molecule has 116 valence electrons. The van der Waals surface area contributed by atoms with Gasteiger partial charge in [-0.3, -0.25) is 9.69 Å². The van der Waals surface area contributed by atoms with E-state index in [1.54, 1.807) is 6.07 Å². The second-order valence-corrected chi connectivity index (χ2v) is 6.08. The molecule has 0 saturated heterocycles. The molecule has 1 saturated carbocycles. The lowest BCUT2D eigenvalue weighted by Crippen LogP contribution is -2.41. The zero-order valence-corrected chi connectivity index (χ0v) is 13.2. The molecule has 0 unspecified atom stereocenters. The number of nitrogens with one attached hydrogen (secondary N) is 1. The monoisotopic (exact) mass is 310 g/mol. The summed E-state index contributed by atoms with van der Waals surface area (Å²) in [5.41, 5.74) is 1.74. The van der Waals surface area contributed by atoms with E-state index >= 15 is 0 Å². The number of aryl methyl sites for hydroxylation is 1. The van der Waals surface area contributed by atoms with E-state index in [0.717, 1.165) is 24.1 Å². The van der Waals surface area contributed by atoms with Gasteiger partial charge in [0.2, 0.25) is 5.91 Å². The van der Waals surface area contributed by atoms with Gasteiger partial charge in [-0.1, -0.05) is 24.4 Å². The molecule has 5 heteroatoms. The first kappa shape index (κ1) is 16.3. The largest absolute Gasteiger partial charge is 0.395 e. The van der Waals surface area contributed by atoms with Crippen LogP contribution in [0, 0.1) is 6.92 Å². The Bertz CT molecular complexity index is 487. The summed E-state index contributed by atoms with van der Waals surface area (Å²) in [6.07, 6.45) is 4.66. The summed E-state index contributed by atoms with van der Waals surface area (Å²) < 4.78 is 0. The zero-order chi connectivity index (χ0) is 15.2. The summed E-state index contributed by atoms with van der Waals surface area (Å²) in [5, 5.41) is 12.8. The van der Waals surface area contributed by atoms with Gasteiger partial charge in [0.05, 0.1) is 13.2 Å². The van der Waals surface area contributed by atoms with Crippen molar-refractivity contribution in [3.63, 3.8) is 0 Å². The predicted molar refractivity (Wildman–Crippen MR) is 85.7 cm³/mol. The SMILES string of the molecule is Cc1cc(Cl)ccc1NC(=O)CN(CCO)C1CCCC1. The molecule has 1 aliphatic carbocycles. The maximum Gasteiger partial charge on any atom is 0.238 e. The maximum atomic E-state index is 12.2. The molecule has 1 amide bonds. The van der Waals surface area contributed by atoms with Crippen LogP contribution in [0.1, 0.15) is 31.2 Å². The van der Waals surface area contributed by atoms with Crippen LogP contribution in [-0.2, 0) is 4.79 Å². The molecule has 4 nitrogen and oxygen atoms in total. The Balaban J connectivity index is 1.95. The molecule has 0 radical (unpaired) electrons. The topological polar surface area (TPSA) is 52.6 Å². The Kier molecular flexibility index (Phi) is 6.03. The number of hydrogen-bond acceptors (Lipinski definition) is 3. The van der Waals surface area contributed by atoms with Crippen LogP contribution in [0.4, 0.5) is 5.69 Å². The highest BCUT2D eigenvalue weighted by Crippen LogP contribution is 2.23. The van der Waals surface area contributed by atoms with Crippen LogP contribution in [0.15, 0.2) is 18.2 Å². The summed E-state index contributed by atoms with van der Waals surface area (Å²) in [6, 6.07) is 5.85. The first-order chi connectivity index (χ1) is 10.1. The highest BCUT2D eigenvalue weighted by molar-refractivity contribution is 6.30. The van der Waals surface area contributed by atoms with Crippen molar-refractivity contribution in [2.75, 3.05) is 25.0 Å². The van der Waals surface area contributed by atoms with Gasteiger partial charge in [0.1, 0.15) is 0 Å². The third-order valence-corrected chi connectivity index (χ3v) is 4.27. The lowest BCUT2D eigenvalue weighted by molar-refractivity contribution is -0.118. The van der Waals surface area contributed by atoms with Gasteiger partial charge in [0, 0.05) is 23.3 Å². The molecule has 1 aliphatic rings. The number of carbonyl (C=O) groups is 1. The van der Waals surface area contributed by atoms with Gasteiger partial charge in [0.15, 0.2) is 0 Å². The summed E-state index contributed by atoms with van der Waals surface area (Å²) in [5.74, 6) is -0.0410. The molecule has 0 bridgehead atoms. The summed E-state index contributed by atoms with van der Waals surface area (Å²) in [6.45, 7) is 2.89. The van der Waals surface area contributed by atoms with E-state index in [2.05, 4.69) is 10.2 Å². The van der Waals surface area contributed by atoms with Gasteiger partial charge in [-0.2, -0.15) is 0 Å². The van der Waals surface area contributed by atoms with Crippen LogP contribution in [0.25, 0.3) is 0 Å². The second kappa shape index (κ2) is 7.78. The Morgan fingerprint density at radius 3 is 2.76 bits per heavy atom. The minimum Gasteiger partial charge on any atom is -0.395 e. The van der Waals surface area contributed by atoms with E-state index in [4.69, 9.17) is 11.6 Å². The molecule has 1 aromatic carbocycles. The Labute approximate surface area is 131 Å². The van der Waals surface area contributed by atoms with Crippen molar-refractivity contribution in [2.45, 2.75) is 38.6 Å². The van der Waals surface area contributed by atoms with Crippen molar-refractivity contribution < 1.29 is 9.90 Å². The first-order valence-electron chi connectivity index (χ1n) is 7.51. The van der Waals surface area contributed by atoms with Crippen molar-refractivity contribution in [1.82, 2.24) is 4.90 Å². The van der Waals surface area contributed by atoms with E-state index in [-0.39, 0.29) is 12.5 Å². The summed E-state index contributed by atoms with van der Waals surface area (Å²) in [4.78, 5) is 14.3. The van der Waals surface area contributed by atoms with Crippen molar-refractivity contribution in [2.24, 2.45) is 0 Å². The van der Waals surface area contributed by atoms with Gasteiger partial charge in [-0.15, -0.1) is 0 Å². The number of amides is 1. The third-order valence-electron chi connectivity index (χ3n) is 4.04. The molecule has 0 aromatic heterocycles. The quantitative estimate of drug-likeness (QED) is 0.849. The zero-order valence-electron chi connectivity index (χ0n) is 12.4. The van der Waals surface area contributed by atoms with Crippen LogP contribution in [0.3, 0.4) is 0 Å². The standard InChI is InChI=1S/C16H23ClN2O2/c1-12-10-13(17)6-7-15(12)18-16(21)11-19(8-9-20)14-4-2-3-5-14/h6-7,10,14,20H,2-5,8-9,11H2,1H3,(H,18,21). The minimum absolute atomic E-state index is 0.0410. The molecule has 1 fully saturated rings. The number of nitrogens with zero attached hydrogens (tertiary/aromatic N) is 1. The number of rotatable bonds is 6. The van der Waals surface area contributed by atoms with Crippen LogP contribution < -0.4 is 5.32 Å². The smallest absolute Gasteiger partial charge is 0.238 e. The van der Waals surface area contributed by atoms with Gasteiger partial charge in [-0.05, 0) is 43.5 Å². The molecule has 2 rings (SSSR count). The highest BCUT2D eigenvalue weighted by atomic mass is 35.5. The van der Waals surface area contributed by atoms with E-state index in [0.29, 0.717) is 24.2 Å². The fourth-order valence-corrected chi connectivity index (χ4v) is 3.16. The molecule has 0 aliphatic heterocycles. The van der Waals surface area contributed by atoms with Gasteiger partial charge in [-0.25, -0.2) is 0 Å². The van der Waals surface area contributed by atoms with Gasteiger partial charge in [0.25, 0.3) is 0 Å². The predicted octanol–water partition coefficient (Wildman–Crippen LogP) is 2.82. The molecule has 0 heterocycles. The van der Waals surface area contributed by atoms with Crippen LogP contribution >= 0.6 is 11.6 Å². The lowest BCUT2D eigenvalue weighted by Gasteiger charge is -2.27. The van der Waals surface area contributed by atoms with Crippen LogP contribution in [-0.4, -0.2) is 41.7 Å². The second-order valence-electron chi connectivity index (χ2n) is 5.64. The molecular formula is C16H23ClN2O2. The Hall–Kier alpha value is -1.10. The number of carbonyl (C=O) groups excluding carboxylic acids is 1. The number of hydrogen-bond donors (Lipinski definition) is 2. The highest BCUT2D eigenvalue weighted by Gasteiger charge is 2.24. The normalized spacial score (nSPS) is 15.6. The number of halogens is 1. The fraction of sp³-hybridized carbons (Fsp3) is 0.562. The molecule has 21 heavy (non-hydrogen) atoms. The molecule has 0 spiro atoms. The molecule has 2 N–H and O–H groups in total. The average molecular weight is 311 g/mol. The third kappa shape index (κ3) is 4.70. The lowest BCUT2D eigenvalue weighted by atomic mass is 10.2. The van der Waals surface area contributed by atoms with Crippen LogP contribution in [0.2, 0.25) is 5.02 Å². The summed E-state index contributed by atoms with van der Waals surface area (Å²) >= 11 is 5.92. The first-order valence-corrected chi connectivity index (χ1v) is 7.89. The number of aliphatic hydroxyl groups is 1. The minimum atomic E-state index is -0.0410. The number of anilines is 1. The van der Waals surface area contributed by atoms with Crippen molar-refractivity contribution in [1.29, 1.82) is 0 Å². The van der Waals surface area contributed by atoms with Crippen molar-refractivity contribution >= 4 is 23.2 Å². The molecule has 1 aromatic rings. The van der Waals surface area contributed by atoms with Crippen molar-refractivity contribution in [3.8, 4) is 0 Å². The van der Waals surface area contributed by atoms with E-state index < -0.39 is 0 Å². The number of aliphatic hydroxyl groups excluding tert-OH is 1.